The predicted molar refractivity (Wildman–Crippen MR) is 198 cm³/mol. The summed E-state index contributed by atoms with van der Waals surface area (Å²) in [5.41, 5.74) is 11.4. The second kappa shape index (κ2) is 13.1. The first-order valence-electron chi connectivity index (χ1n) is 17.3. The van der Waals surface area contributed by atoms with Crippen molar-refractivity contribution in [3.63, 3.8) is 0 Å². The summed E-state index contributed by atoms with van der Waals surface area (Å²) in [6.45, 7) is 7.76. The van der Waals surface area contributed by atoms with Crippen molar-refractivity contribution in [1.82, 2.24) is 9.13 Å². The Hall–Kier alpha value is -4.50. The standard InChI is InChI=1S/C43H46N2O/c1-5-6-7-8-9-10-11-12-25-44-40-21-13-30(2)26-36(40)38-28-32(15-23-41(38)44)33-16-24-43-39(29-33)37-27-31(3)14-22-42(37)45(43)34-17-19-35(46-4)20-18-34/h13-24,26-29H,5-12,25H2,1-4H3. The van der Waals surface area contributed by atoms with Crippen LogP contribution in [-0.2, 0) is 6.54 Å². The van der Waals surface area contributed by atoms with Crippen LogP contribution in [0.4, 0.5) is 0 Å². The lowest BCUT2D eigenvalue weighted by atomic mass is 10.00. The fraction of sp³-hybridized carbons (Fsp3) is 0.302. The second-order valence-electron chi connectivity index (χ2n) is 13.2. The highest BCUT2D eigenvalue weighted by atomic mass is 16.5. The molecule has 0 saturated heterocycles. The summed E-state index contributed by atoms with van der Waals surface area (Å²) in [5, 5.41) is 5.28. The van der Waals surface area contributed by atoms with E-state index in [-0.39, 0.29) is 0 Å². The molecule has 0 fully saturated rings. The van der Waals surface area contributed by atoms with E-state index in [0.717, 1.165) is 18.0 Å². The fourth-order valence-corrected chi connectivity index (χ4v) is 7.37. The van der Waals surface area contributed by atoms with Gasteiger partial charge >= 0.3 is 0 Å². The Morgan fingerprint density at radius 2 is 0.978 bits per heavy atom. The van der Waals surface area contributed by atoms with Crippen LogP contribution in [0.15, 0.2) is 97.1 Å². The summed E-state index contributed by atoms with van der Waals surface area (Å²) < 4.78 is 10.4. The Morgan fingerprint density at radius 3 is 1.59 bits per heavy atom. The fourth-order valence-electron chi connectivity index (χ4n) is 7.37. The lowest BCUT2D eigenvalue weighted by Gasteiger charge is -2.10. The highest BCUT2D eigenvalue weighted by molar-refractivity contribution is 6.12. The van der Waals surface area contributed by atoms with E-state index in [1.807, 2.05) is 12.1 Å². The first kappa shape index (κ1) is 30.2. The van der Waals surface area contributed by atoms with Gasteiger partial charge in [0.1, 0.15) is 5.75 Å². The van der Waals surface area contributed by atoms with Crippen LogP contribution in [-0.4, -0.2) is 16.2 Å². The zero-order valence-corrected chi connectivity index (χ0v) is 27.9. The van der Waals surface area contributed by atoms with Crippen molar-refractivity contribution < 1.29 is 4.74 Å². The molecule has 0 atom stereocenters. The van der Waals surface area contributed by atoms with Crippen molar-refractivity contribution in [3.8, 4) is 22.6 Å². The van der Waals surface area contributed by atoms with Crippen molar-refractivity contribution in [3.05, 3.63) is 108 Å². The maximum Gasteiger partial charge on any atom is 0.119 e. The molecule has 0 unspecified atom stereocenters. The van der Waals surface area contributed by atoms with E-state index in [0.29, 0.717) is 0 Å². The summed E-state index contributed by atoms with van der Waals surface area (Å²) in [4.78, 5) is 0. The van der Waals surface area contributed by atoms with Gasteiger partial charge in [0.25, 0.3) is 0 Å². The quantitative estimate of drug-likeness (QED) is 0.127. The van der Waals surface area contributed by atoms with E-state index in [2.05, 4.69) is 115 Å². The first-order chi connectivity index (χ1) is 22.6. The predicted octanol–water partition coefficient (Wildman–Crippen LogP) is 12.3. The maximum atomic E-state index is 5.44. The monoisotopic (exact) mass is 606 g/mol. The number of aryl methyl sites for hydroxylation is 3. The molecular formula is C43H46N2O. The number of hydrogen-bond acceptors (Lipinski definition) is 1. The molecular weight excluding hydrogens is 560 g/mol. The number of hydrogen-bond donors (Lipinski definition) is 0. The van der Waals surface area contributed by atoms with Crippen LogP contribution in [0.3, 0.4) is 0 Å². The molecule has 0 aliphatic carbocycles. The van der Waals surface area contributed by atoms with Gasteiger partial charge in [-0.15, -0.1) is 0 Å². The highest BCUT2D eigenvalue weighted by Gasteiger charge is 2.16. The lowest BCUT2D eigenvalue weighted by Crippen LogP contribution is -1.98. The SMILES string of the molecule is CCCCCCCCCCn1c2ccc(C)cc2c2cc(-c3ccc4c(c3)c3cc(C)ccc3n4-c3ccc(OC)cc3)ccc21. The van der Waals surface area contributed by atoms with E-state index in [9.17, 15) is 0 Å². The van der Waals surface area contributed by atoms with Crippen molar-refractivity contribution in [2.75, 3.05) is 7.11 Å². The molecule has 0 N–H and O–H groups in total. The van der Waals surface area contributed by atoms with Crippen molar-refractivity contribution in [1.29, 1.82) is 0 Å². The number of unbranched alkanes of at least 4 members (excludes halogenated alkanes) is 7. The molecule has 5 aromatic carbocycles. The Labute approximate surface area is 273 Å². The Kier molecular flexibility index (Phi) is 8.58. The first-order valence-corrected chi connectivity index (χ1v) is 17.3. The van der Waals surface area contributed by atoms with E-state index in [1.54, 1.807) is 7.11 Å². The number of rotatable bonds is 12. The number of fused-ring (bicyclic) bond motifs is 6. The van der Waals surface area contributed by atoms with Gasteiger partial charge in [0, 0.05) is 44.8 Å². The molecule has 0 bridgehead atoms. The van der Waals surface area contributed by atoms with Gasteiger partial charge in [-0.25, -0.2) is 0 Å². The molecule has 0 radical (unpaired) electrons. The van der Waals surface area contributed by atoms with Gasteiger partial charge in [-0.05, 0) is 104 Å². The maximum absolute atomic E-state index is 5.44. The molecule has 0 spiro atoms. The minimum atomic E-state index is 0.868. The third kappa shape index (κ3) is 5.68. The third-order valence-electron chi connectivity index (χ3n) is 9.84. The third-order valence-corrected chi connectivity index (χ3v) is 9.84. The van der Waals surface area contributed by atoms with Crippen molar-refractivity contribution in [2.45, 2.75) is 78.7 Å². The molecule has 3 heteroatoms. The number of methoxy groups -OCH3 is 1. The number of benzene rings is 5. The largest absolute Gasteiger partial charge is 0.497 e. The molecule has 0 amide bonds. The Bertz CT molecular complexity index is 2140. The summed E-state index contributed by atoms with van der Waals surface area (Å²) >= 11 is 0. The van der Waals surface area contributed by atoms with Crippen LogP contribution < -0.4 is 4.74 Å². The van der Waals surface area contributed by atoms with Crippen molar-refractivity contribution >= 4 is 43.6 Å². The van der Waals surface area contributed by atoms with Crippen LogP contribution in [0.1, 0.15) is 69.4 Å². The van der Waals surface area contributed by atoms with Crippen LogP contribution in [0.25, 0.3) is 60.4 Å². The molecule has 2 aromatic heterocycles. The second-order valence-corrected chi connectivity index (χ2v) is 13.2. The topological polar surface area (TPSA) is 19.1 Å². The zero-order chi connectivity index (χ0) is 31.6. The smallest absolute Gasteiger partial charge is 0.119 e. The van der Waals surface area contributed by atoms with E-state index in [4.69, 9.17) is 4.74 Å². The Balaban J connectivity index is 1.26. The van der Waals surface area contributed by atoms with E-state index < -0.39 is 0 Å². The minimum absolute atomic E-state index is 0.868. The number of nitrogens with zero attached hydrogens (tertiary/aromatic N) is 2. The van der Waals surface area contributed by atoms with E-state index in [1.165, 1.54) is 117 Å². The Morgan fingerprint density at radius 1 is 0.500 bits per heavy atom. The van der Waals surface area contributed by atoms with Crippen LogP contribution in [0, 0.1) is 13.8 Å². The zero-order valence-electron chi connectivity index (χ0n) is 27.9. The molecule has 0 aliphatic heterocycles. The van der Waals surface area contributed by atoms with E-state index >= 15 is 0 Å². The average Bonchev–Trinajstić information content (AvgIpc) is 3.56. The molecule has 2 heterocycles. The molecule has 46 heavy (non-hydrogen) atoms. The molecule has 0 aliphatic rings. The lowest BCUT2D eigenvalue weighted by molar-refractivity contribution is 0.415. The van der Waals surface area contributed by atoms with Crippen molar-refractivity contribution in [2.24, 2.45) is 0 Å². The summed E-state index contributed by atoms with van der Waals surface area (Å²) in [6.07, 6.45) is 10.7. The van der Waals surface area contributed by atoms with Gasteiger partial charge in [0.15, 0.2) is 0 Å². The van der Waals surface area contributed by atoms with Gasteiger partial charge in [-0.2, -0.15) is 0 Å². The van der Waals surface area contributed by atoms with Gasteiger partial charge < -0.3 is 13.9 Å². The molecule has 3 nitrogen and oxygen atoms in total. The number of aromatic nitrogens is 2. The van der Waals surface area contributed by atoms with Crippen LogP contribution in [0.5, 0.6) is 5.75 Å². The van der Waals surface area contributed by atoms with Gasteiger partial charge in [-0.1, -0.05) is 87.3 Å². The molecule has 7 rings (SSSR count). The van der Waals surface area contributed by atoms with Gasteiger partial charge in [-0.3, -0.25) is 0 Å². The summed E-state index contributed by atoms with van der Waals surface area (Å²) in [7, 11) is 1.72. The normalized spacial score (nSPS) is 11.8. The number of ether oxygens (including phenoxy) is 1. The average molecular weight is 607 g/mol. The minimum Gasteiger partial charge on any atom is -0.497 e. The molecule has 234 valence electrons. The van der Waals surface area contributed by atoms with Crippen LogP contribution >= 0.6 is 0 Å². The summed E-state index contributed by atoms with van der Waals surface area (Å²) in [6, 6.07) is 36.2. The van der Waals surface area contributed by atoms with Gasteiger partial charge in [0.2, 0.25) is 0 Å². The highest BCUT2D eigenvalue weighted by Crippen LogP contribution is 2.38. The van der Waals surface area contributed by atoms with Crippen LogP contribution in [0.2, 0.25) is 0 Å². The molecule has 0 saturated carbocycles. The summed E-state index contributed by atoms with van der Waals surface area (Å²) in [5.74, 6) is 0.868. The molecule has 7 aromatic rings. The van der Waals surface area contributed by atoms with Gasteiger partial charge in [0.05, 0.1) is 18.1 Å².